The molecule has 1 aromatic rings. The van der Waals surface area contributed by atoms with Crippen molar-refractivity contribution in [3.8, 4) is 0 Å². The fourth-order valence-corrected chi connectivity index (χ4v) is 3.88. The molecule has 0 bridgehead atoms. The van der Waals surface area contributed by atoms with Crippen molar-refractivity contribution in [2.24, 2.45) is 0 Å². The van der Waals surface area contributed by atoms with E-state index in [1.54, 1.807) is 13.8 Å². The third-order valence-corrected chi connectivity index (χ3v) is 5.10. The molecule has 0 spiro atoms. The van der Waals surface area contributed by atoms with Gasteiger partial charge < -0.3 is 10.5 Å². The molecule has 8 nitrogen and oxygen atoms in total. The molecule has 2 N–H and O–H groups in total. The maximum Gasteiger partial charge on any atom is 0.289 e. The molecular formula is C12H19N3O5S. The number of nitrogen functional groups attached to an aromatic ring is 1. The van der Waals surface area contributed by atoms with Crippen LogP contribution >= 0.6 is 0 Å². The average molecular weight is 317 g/mol. The second kappa shape index (κ2) is 6.83. The molecule has 0 saturated heterocycles. The van der Waals surface area contributed by atoms with Crippen LogP contribution in [0.5, 0.6) is 0 Å². The van der Waals surface area contributed by atoms with Crippen LogP contribution in [-0.4, -0.2) is 43.9 Å². The Morgan fingerprint density at radius 3 is 2.57 bits per heavy atom. The summed E-state index contributed by atoms with van der Waals surface area (Å²) in [4.78, 5) is 9.90. The van der Waals surface area contributed by atoms with Crippen molar-refractivity contribution in [2.45, 2.75) is 24.8 Å². The van der Waals surface area contributed by atoms with Gasteiger partial charge in [0.25, 0.3) is 5.69 Å². The maximum absolute atomic E-state index is 12.7. The van der Waals surface area contributed by atoms with Gasteiger partial charge in [0.2, 0.25) is 10.0 Å². The second-order valence-electron chi connectivity index (χ2n) is 4.50. The normalized spacial score (nSPS) is 13.3. The molecule has 0 aliphatic heterocycles. The van der Waals surface area contributed by atoms with Crippen LogP contribution in [0.1, 0.15) is 13.8 Å². The second-order valence-corrected chi connectivity index (χ2v) is 6.36. The summed E-state index contributed by atoms with van der Waals surface area (Å²) in [6, 6.07) is 3.05. The Bertz CT molecular complexity index is 617. The van der Waals surface area contributed by atoms with Gasteiger partial charge in [-0.3, -0.25) is 10.1 Å². The van der Waals surface area contributed by atoms with Crippen molar-refractivity contribution in [3.63, 3.8) is 0 Å². The molecule has 118 valence electrons. The fraction of sp³-hybridized carbons (Fsp3) is 0.500. The van der Waals surface area contributed by atoms with Gasteiger partial charge >= 0.3 is 0 Å². The first kappa shape index (κ1) is 17.3. The summed E-state index contributed by atoms with van der Waals surface area (Å²) in [5, 5.41) is 11.0. The van der Waals surface area contributed by atoms with Gasteiger partial charge in [-0.05, 0) is 19.1 Å². The van der Waals surface area contributed by atoms with Crippen LogP contribution < -0.4 is 5.73 Å². The number of anilines is 1. The highest BCUT2D eigenvalue weighted by Crippen LogP contribution is 2.29. The first-order chi connectivity index (χ1) is 9.75. The van der Waals surface area contributed by atoms with Crippen LogP contribution in [0.25, 0.3) is 0 Å². The molecular weight excluding hydrogens is 298 g/mol. The Labute approximate surface area is 123 Å². The Hall–Kier alpha value is -1.71. The molecule has 1 unspecified atom stereocenters. The minimum Gasteiger partial charge on any atom is -0.399 e. The molecule has 0 fully saturated rings. The van der Waals surface area contributed by atoms with E-state index < -0.39 is 31.6 Å². The van der Waals surface area contributed by atoms with E-state index in [1.165, 1.54) is 13.2 Å². The molecule has 0 amide bonds. The topological polar surface area (TPSA) is 116 Å². The van der Waals surface area contributed by atoms with Crippen LogP contribution in [0.15, 0.2) is 23.1 Å². The minimum atomic E-state index is -4.04. The number of nitrogens with two attached hydrogens (primary N) is 1. The van der Waals surface area contributed by atoms with E-state index in [1.807, 2.05) is 0 Å². The Morgan fingerprint density at radius 1 is 1.48 bits per heavy atom. The number of sulfonamides is 1. The molecule has 1 rings (SSSR count). The molecule has 0 radical (unpaired) electrons. The molecule has 1 aromatic carbocycles. The highest BCUT2D eigenvalue weighted by atomic mass is 32.2. The molecule has 0 heterocycles. The smallest absolute Gasteiger partial charge is 0.289 e. The summed E-state index contributed by atoms with van der Waals surface area (Å²) < 4.78 is 31.4. The first-order valence-electron chi connectivity index (χ1n) is 6.30. The highest BCUT2D eigenvalue weighted by molar-refractivity contribution is 7.89. The number of rotatable bonds is 7. The zero-order valence-corrected chi connectivity index (χ0v) is 13.0. The summed E-state index contributed by atoms with van der Waals surface area (Å²) in [6.07, 6.45) is 0. The van der Waals surface area contributed by atoms with Crippen molar-refractivity contribution in [3.05, 3.63) is 28.3 Å². The Kier molecular flexibility index (Phi) is 5.64. The van der Waals surface area contributed by atoms with Gasteiger partial charge in [0.05, 0.1) is 11.5 Å². The number of likely N-dealkylation sites (N-methyl/N-ethyl adjacent to an activating group) is 1. The van der Waals surface area contributed by atoms with Crippen molar-refractivity contribution >= 4 is 21.4 Å². The van der Waals surface area contributed by atoms with E-state index in [2.05, 4.69) is 0 Å². The van der Waals surface area contributed by atoms with Gasteiger partial charge in [0, 0.05) is 31.5 Å². The van der Waals surface area contributed by atoms with E-state index in [9.17, 15) is 18.5 Å². The molecule has 1 atom stereocenters. The van der Waals surface area contributed by atoms with Gasteiger partial charge in [0.15, 0.2) is 4.90 Å². The zero-order chi connectivity index (χ0) is 16.2. The Balaban J connectivity index is 3.41. The van der Waals surface area contributed by atoms with Crippen molar-refractivity contribution < 1.29 is 18.1 Å². The standard InChI is InChI=1S/C12H19N3O5S/c1-4-14(9(2)8-20-3)21(18,19)12-7-10(13)5-6-11(12)15(16)17/h5-7,9H,4,8,13H2,1-3H3. The van der Waals surface area contributed by atoms with Gasteiger partial charge in [-0.2, -0.15) is 4.31 Å². The fourth-order valence-electron chi connectivity index (χ4n) is 2.06. The highest BCUT2D eigenvalue weighted by Gasteiger charge is 2.33. The molecule has 9 heteroatoms. The van der Waals surface area contributed by atoms with Crippen LogP contribution in [0.2, 0.25) is 0 Å². The average Bonchev–Trinajstić information content (AvgIpc) is 2.39. The van der Waals surface area contributed by atoms with Crippen molar-refractivity contribution in [2.75, 3.05) is 26.0 Å². The quantitative estimate of drug-likeness (QED) is 0.459. The zero-order valence-electron chi connectivity index (χ0n) is 12.1. The predicted molar refractivity (Wildman–Crippen MR) is 78.4 cm³/mol. The lowest BCUT2D eigenvalue weighted by Crippen LogP contribution is -2.41. The third-order valence-electron chi connectivity index (χ3n) is 2.98. The van der Waals surface area contributed by atoms with Gasteiger partial charge in [0.1, 0.15) is 0 Å². The number of nitro groups is 1. The number of nitrogens with zero attached hydrogens (tertiary/aromatic N) is 2. The molecule has 0 aliphatic carbocycles. The summed E-state index contributed by atoms with van der Waals surface area (Å²) in [5.41, 5.74) is 5.22. The lowest BCUT2D eigenvalue weighted by molar-refractivity contribution is -0.387. The summed E-state index contributed by atoms with van der Waals surface area (Å²) in [5.74, 6) is 0. The van der Waals surface area contributed by atoms with Crippen LogP contribution in [0, 0.1) is 10.1 Å². The molecule has 0 aromatic heterocycles. The first-order valence-corrected chi connectivity index (χ1v) is 7.74. The van der Waals surface area contributed by atoms with Crippen molar-refractivity contribution in [1.82, 2.24) is 4.31 Å². The summed E-state index contributed by atoms with van der Waals surface area (Å²) in [6.45, 7) is 3.67. The largest absolute Gasteiger partial charge is 0.399 e. The van der Waals surface area contributed by atoms with Crippen LogP contribution in [0.4, 0.5) is 11.4 Å². The minimum absolute atomic E-state index is 0.148. The maximum atomic E-state index is 12.7. The Morgan fingerprint density at radius 2 is 2.10 bits per heavy atom. The molecule has 0 aliphatic rings. The van der Waals surface area contributed by atoms with Gasteiger partial charge in [-0.1, -0.05) is 6.92 Å². The van der Waals surface area contributed by atoms with E-state index in [4.69, 9.17) is 10.5 Å². The van der Waals surface area contributed by atoms with E-state index >= 15 is 0 Å². The van der Waals surface area contributed by atoms with E-state index in [0.717, 1.165) is 16.4 Å². The van der Waals surface area contributed by atoms with Crippen LogP contribution in [-0.2, 0) is 14.8 Å². The SMILES string of the molecule is CCN(C(C)COC)S(=O)(=O)c1cc(N)ccc1[N+](=O)[O-]. The summed E-state index contributed by atoms with van der Waals surface area (Å²) >= 11 is 0. The number of hydrogen-bond donors (Lipinski definition) is 1. The summed E-state index contributed by atoms with van der Waals surface area (Å²) in [7, 11) is -2.58. The molecule has 0 saturated carbocycles. The monoisotopic (exact) mass is 317 g/mol. The lowest BCUT2D eigenvalue weighted by Gasteiger charge is -2.26. The van der Waals surface area contributed by atoms with E-state index in [-0.39, 0.29) is 18.8 Å². The molecule has 21 heavy (non-hydrogen) atoms. The number of benzene rings is 1. The van der Waals surface area contributed by atoms with Crippen molar-refractivity contribution in [1.29, 1.82) is 0 Å². The number of ether oxygens (including phenoxy) is 1. The third kappa shape index (κ3) is 3.69. The number of nitro benzene ring substituents is 1. The van der Waals surface area contributed by atoms with Gasteiger partial charge in [-0.15, -0.1) is 0 Å². The van der Waals surface area contributed by atoms with Gasteiger partial charge in [-0.25, -0.2) is 8.42 Å². The number of hydrogen-bond acceptors (Lipinski definition) is 6. The number of methoxy groups -OCH3 is 1. The van der Waals surface area contributed by atoms with E-state index in [0.29, 0.717) is 0 Å². The lowest BCUT2D eigenvalue weighted by atomic mass is 10.3. The van der Waals surface area contributed by atoms with Crippen LogP contribution in [0.3, 0.4) is 0 Å². The predicted octanol–water partition coefficient (Wildman–Crippen LogP) is 1.22.